The maximum Gasteiger partial charge on any atom is 0.170 e. The lowest BCUT2D eigenvalue weighted by molar-refractivity contribution is 0.306. The zero-order chi connectivity index (χ0) is 14.5. The van der Waals surface area contributed by atoms with Crippen LogP contribution in [0.25, 0.3) is 0 Å². The molecular weight excluding hydrogens is 299 g/mol. The number of nitrogens with two attached hydrogens (primary N) is 1. The van der Waals surface area contributed by atoms with Crippen LogP contribution in [0.3, 0.4) is 0 Å². The van der Waals surface area contributed by atoms with E-state index in [1.807, 2.05) is 6.07 Å². The predicted molar refractivity (Wildman–Crippen MR) is 79.7 cm³/mol. The van der Waals surface area contributed by atoms with Crippen molar-refractivity contribution in [1.82, 2.24) is 0 Å². The summed E-state index contributed by atoms with van der Waals surface area (Å²) in [6.07, 6.45) is 0. The van der Waals surface area contributed by atoms with Gasteiger partial charge in [-0.3, -0.25) is 0 Å². The van der Waals surface area contributed by atoms with E-state index in [2.05, 4.69) is 5.16 Å². The summed E-state index contributed by atoms with van der Waals surface area (Å²) in [7, 11) is 0. The molecular formula is C14H12Cl2N2O2. The molecule has 0 fully saturated rings. The highest BCUT2D eigenvalue weighted by Crippen LogP contribution is 2.28. The molecule has 2 aromatic rings. The van der Waals surface area contributed by atoms with E-state index in [0.29, 0.717) is 28.0 Å². The van der Waals surface area contributed by atoms with Crippen molar-refractivity contribution in [3.63, 3.8) is 0 Å². The van der Waals surface area contributed by atoms with Gasteiger partial charge in [0.2, 0.25) is 0 Å². The molecule has 2 rings (SSSR count). The zero-order valence-corrected chi connectivity index (χ0v) is 11.9. The molecule has 6 heteroatoms. The van der Waals surface area contributed by atoms with Gasteiger partial charge in [-0.1, -0.05) is 46.6 Å². The molecule has 0 bridgehead atoms. The van der Waals surface area contributed by atoms with E-state index in [4.69, 9.17) is 38.9 Å². The Bertz CT molecular complexity index is 645. The molecule has 0 spiro atoms. The second-order valence-electron chi connectivity index (χ2n) is 4.05. The molecule has 104 valence electrons. The first-order chi connectivity index (χ1) is 9.60. The lowest BCUT2D eigenvalue weighted by atomic mass is 10.1. The Morgan fingerprint density at radius 2 is 2.00 bits per heavy atom. The van der Waals surface area contributed by atoms with E-state index in [1.54, 1.807) is 36.4 Å². The largest absolute Gasteiger partial charge is 0.487 e. The van der Waals surface area contributed by atoms with E-state index < -0.39 is 0 Å². The zero-order valence-electron chi connectivity index (χ0n) is 10.4. The van der Waals surface area contributed by atoms with Crippen molar-refractivity contribution >= 4 is 29.0 Å². The number of hydrogen-bond donors (Lipinski definition) is 2. The summed E-state index contributed by atoms with van der Waals surface area (Å²) in [6, 6.07) is 12.2. The number of rotatable bonds is 4. The number of halogens is 2. The number of benzene rings is 2. The predicted octanol–water partition coefficient (Wildman–Crippen LogP) is 3.67. The third-order valence-electron chi connectivity index (χ3n) is 2.62. The number of oxime groups is 1. The van der Waals surface area contributed by atoms with Crippen molar-refractivity contribution in [2.45, 2.75) is 6.61 Å². The smallest absolute Gasteiger partial charge is 0.170 e. The van der Waals surface area contributed by atoms with Crippen LogP contribution in [0.4, 0.5) is 0 Å². The highest BCUT2D eigenvalue weighted by atomic mass is 35.5. The Morgan fingerprint density at radius 3 is 2.70 bits per heavy atom. The molecule has 0 aliphatic carbocycles. The summed E-state index contributed by atoms with van der Waals surface area (Å²) in [5.41, 5.74) is 7.03. The second-order valence-corrected chi connectivity index (χ2v) is 4.89. The molecule has 0 saturated carbocycles. The average Bonchev–Trinajstić information content (AvgIpc) is 2.46. The quantitative estimate of drug-likeness (QED) is 0.392. The minimum absolute atomic E-state index is 0.0522. The minimum Gasteiger partial charge on any atom is -0.487 e. The summed E-state index contributed by atoms with van der Waals surface area (Å²) < 4.78 is 5.61. The first kappa shape index (κ1) is 14.5. The van der Waals surface area contributed by atoms with Crippen molar-refractivity contribution in [3.05, 3.63) is 63.6 Å². The Balaban J connectivity index is 2.11. The van der Waals surface area contributed by atoms with Gasteiger partial charge in [0.1, 0.15) is 12.4 Å². The summed E-state index contributed by atoms with van der Waals surface area (Å²) in [4.78, 5) is 0. The maximum atomic E-state index is 8.65. The van der Waals surface area contributed by atoms with Gasteiger partial charge in [0, 0.05) is 10.6 Å². The van der Waals surface area contributed by atoms with Crippen molar-refractivity contribution in [2.24, 2.45) is 10.9 Å². The van der Waals surface area contributed by atoms with E-state index in [1.165, 1.54) is 0 Å². The first-order valence-electron chi connectivity index (χ1n) is 5.75. The third-order valence-corrected chi connectivity index (χ3v) is 3.15. The topological polar surface area (TPSA) is 67.8 Å². The van der Waals surface area contributed by atoms with Crippen LogP contribution in [0.2, 0.25) is 10.0 Å². The average molecular weight is 311 g/mol. The van der Waals surface area contributed by atoms with Gasteiger partial charge in [0.05, 0.1) is 5.02 Å². The van der Waals surface area contributed by atoms with Gasteiger partial charge >= 0.3 is 0 Å². The van der Waals surface area contributed by atoms with Crippen LogP contribution in [0, 0.1) is 0 Å². The molecule has 0 aliphatic heterocycles. The molecule has 0 saturated heterocycles. The third kappa shape index (κ3) is 3.56. The van der Waals surface area contributed by atoms with Gasteiger partial charge in [-0.2, -0.15) is 0 Å². The van der Waals surface area contributed by atoms with Gasteiger partial charge < -0.3 is 15.7 Å². The van der Waals surface area contributed by atoms with E-state index in [-0.39, 0.29) is 5.84 Å². The van der Waals surface area contributed by atoms with Crippen LogP contribution in [-0.2, 0) is 6.61 Å². The highest BCUT2D eigenvalue weighted by Gasteiger charge is 2.04. The highest BCUT2D eigenvalue weighted by molar-refractivity contribution is 6.35. The van der Waals surface area contributed by atoms with Crippen LogP contribution in [0.1, 0.15) is 11.1 Å². The molecule has 3 N–H and O–H groups in total. The normalized spacial score (nSPS) is 11.4. The fraction of sp³-hybridized carbons (Fsp3) is 0.0714. The Morgan fingerprint density at radius 1 is 1.20 bits per heavy atom. The van der Waals surface area contributed by atoms with Crippen LogP contribution in [0.5, 0.6) is 5.75 Å². The standard InChI is InChI=1S/C14H12Cl2N2O2/c15-11-4-5-13(12(16)7-11)20-8-9-2-1-3-10(6-9)14(17)18-19/h1-7,19H,8H2,(H2,17,18). The molecule has 0 amide bonds. The molecule has 0 unspecified atom stereocenters. The summed E-state index contributed by atoms with van der Waals surface area (Å²) in [6.45, 7) is 0.313. The van der Waals surface area contributed by atoms with E-state index in [9.17, 15) is 0 Å². The van der Waals surface area contributed by atoms with Crippen molar-refractivity contribution in [1.29, 1.82) is 0 Å². The molecule has 0 heterocycles. The van der Waals surface area contributed by atoms with Gasteiger partial charge in [-0.25, -0.2) is 0 Å². The van der Waals surface area contributed by atoms with Crippen LogP contribution in [-0.4, -0.2) is 11.0 Å². The first-order valence-corrected chi connectivity index (χ1v) is 6.50. The Labute approximate surface area is 126 Å². The molecule has 0 aromatic heterocycles. The minimum atomic E-state index is 0.0522. The lowest BCUT2D eigenvalue weighted by Crippen LogP contribution is -2.13. The van der Waals surface area contributed by atoms with Crippen molar-refractivity contribution in [3.8, 4) is 5.75 Å². The fourth-order valence-electron chi connectivity index (χ4n) is 1.63. The molecule has 0 aliphatic rings. The van der Waals surface area contributed by atoms with E-state index >= 15 is 0 Å². The van der Waals surface area contributed by atoms with Gasteiger partial charge in [0.25, 0.3) is 0 Å². The monoisotopic (exact) mass is 310 g/mol. The Hall–Kier alpha value is -1.91. The summed E-state index contributed by atoms with van der Waals surface area (Å²) in [5.74, 6) is 0.599. The number of amidine groups is 1. The summed E-state index contributed by atoms with van der Waals surface area (Å²) >= 11 is 11.8. The number of ether oxygens (including phenoxy) is 1. The number of hydrogen-bond acceptors (Lipinski definition) is 3. The molecule has 2 aromatic carbocycles. The molecule has 20 heavy (non-hydrogen) atoms. The molecule has 0 atom stereocenters. The fourth-order valence-corrected chi connectivity index (χ4v) is 2.09. The van der Waals surface area contributed by atoms with Gasteiger partial charge in [-0.15, -0.1) is 0 Å². The Kier molecular flexibility index (Phi) is 4.71. The van der Waals surface area contributed by atoms with Crippen molar-refractivity contribution < 1.29 is 9.94 Å². The SMILES string of the molecule is N/C(=N\O)c1cccc(COc2ccc(Cl)cc2Cl)c1. The van der Waals surface area contributed by atoms with Gasteiger partial charge in [-0.05, 0) is 29.8 Å². The van der Waals surface area contributed by atoms with Crippen LogP contribution < -0.4 is 10.5 Å². The van der Waals surface area contributed by atoms with Crippen molar-refractivity contribution in [2.75, 3.05) is 0 Å². The second kappa shape index (κ2) is 6.50. The van der Waals surface area contributed by atoms with Crippen LogP contribution >= 0.6 is 23.2 Å². The van der Waals surface area contributed by atoms with Crippen LogP contribution in [0.15, 0.2) is 47.6 Å². The molecule has 0 radical (unpaired) electrons. The molecule has 4 nitrogen and oxygen atoms in total. The lowest BCUT2D eigenvalue weighted by Gasteiger charge is -2.09. The van der Waals surface area contributed by atoms with Gasteiger partial charge in [0.15, 0.2) is 5.84 Å². The van der Waals surface area contributed by atoms with E-state index in [0.717, 1.165) is 5.56 Å². The number of nitrogens with zero attached hydrogens (tertiary/aromatic N) is 1. The maximum absolute atomic E-state index is 8.65. The summed E-state index contributed by atoms with van der Waals surface area (Å²) in [5, 5.41) is 12.6.